The van der Waals surface area contributed by atoms with Gasteiger partial charge in [0.1, 0.15) is 0 Å². The fourth-order valence-electron chi connectivity index (χ4n) is 1.26. The standard InChI is InChI=1S/C9H23N3O3S/c1-4-12(8-9-15-3)16(13,14)11(2)7-5-6-10/h4-10H2,1-3H3. The first-order chi connectivity index (χ1) is 7.50. The molecule has 0 aliphatic rings. The van der Waals surface area contributed by atoms with Crippen LogP contribution in [0.25, 0.3) is 0 Å². The average molecular weight is 253 g/mol. The van der Waals surface area contributed by atoms with E-state index in [-0.39, 0.29) is 0 Å². The highest BCUT2D eigenvalue weighted by Crippen LogP contribution is 2.06. The van der Waals surface area contributed by atoms with Crippen molar-refractivity contribution in [3.63, 3.8) is 0 Å². The molecule has 0 fully saturated rings. The van der Waals surface area contributed by atoms with Gasteiger partial charge in [-0.05, 0) is 13.0 Å². The summed E-state index contributed by atoms with van der Waals surface area (Å²) >= 11 is 0. The van der Waals surface area contributed by atoms with Crippen molar-refractivity contribution in [2.45, 2.75) is 13.3 Å². The van der Waals surface area contributed by atoms with Gasteiger partial charge in [-0.1, -0.05) is 6.92 Å². The lowest BCUT2D eigenvalue weighted by Crippen LogP contribution is -2.43. The number of likely N-dealkylation sites (N-methyl/N-ethyl adjacent to an activating group) is 1. The first kappa shape index (κ1) is 15.8. The molecule has 0 radical (unpaired) electrons. The Morgan fingerprint density at radius 2 is 1.94 bits per heavy atom. The molecule has 98 valence electrons. The summed E-state index contributed by atoms with van der Waals surface area (Å²) in [4.78, 5) is 0. The van der Waals surface area contributed by atoms with Gasteiger partial charge in [-0.3, -0.25) is 0 Å². The molecular formula is C9H23N3O3S. The molecule has 0 aliphatic heterocycles. The first-order valence-electron chi connectivity index (χ1n) is 5.41. The Bertz CT molecular complexity index is 269. The summed E-state index contributed by atoms with van der Waals surface area (Å²) in [6.07, 6.45) is 0.664. The van der Waals surface area contributed by atoms with E-state index in [1.807, 2.05) is 6.92 Å². The number of hydrogen-bond acceptors (Lipinski definition) is 4. The van der Waals surface area contributed by atoms with Crippen molar-refractivity contribution in [1.82, 2.24) is 8.61 Å². The Balaban J connectivity index is 4.46. The van der Waals surface area contributed by atoms with Gasteiger partial charge in [-0.2, -0.15) is 17.0 Å². The van der Waals surface area contributed by atoms with Crippen molar-refractivity contribution < 1.29 is 13.2 Å². The molecule has 16 heavy (non-hydrogen) atoms. The molecule has 2 N–H and O–H groups in total. The van der Waals surface area contributed by atoms with Gasteiger partial charge in [0, 0.05) is 33.8 Å². The molecule has 0 bridgehead atoms. The van der Waals surface area contributed by atoms with Crippen molar-refractivity contribution in [1.29, 1.82) is 0 Å². The topological polar surface area (TPSA) is 75.9 Å². The largest absolute Gasteiger partial charge is 0.383 e. The van der Waals surface area contributed by atoms with Crippen LogP contribution in [0.4, 0.5) is 0 Å². The van der Waals surface area contributed by atoms with Crippen LogP contribution in [0.15, 0.2) is 0 Å². The molecule has 0 spiro atoms. The van der Waals surface area contributed by atoms with Gasteiger partial charge in [-0.15, -0.1) is 0 Å². The van der Waals surface area contributed by atoms with E-state index in [0.29, 0.717) is 39.2 Å². The second-order valence-corrected chi connectivity index (χ2v) is 5.49. The van der Waals surface area contributed by atoms with Crippen LogP contribution < -0.4 is 5.73 Å². The average Bonchev–Trinajstić information content (AvgIpc) is 2.26. The van der Waals surface area contributed by atoms with Crippen molar-refractivity contribution >= 4 is 10.2 Å². The Labute approximate surface area is 98.5 Å². The van der Waals surface area contributed by atoms with Crippen molar-refractivity contribution in [3.8, 4) is 0 Å². The SMILES string of the molecule is CCN(CCOC)S(=O)(=O)N(C)CCCN. The van der Waals surface area contributed by atoms with Crippen molar-refractivity contribution in [3.05, 3.63) is 0 Å². The van der Waals surface area contributed by atoms with Crippen LogP contribution >= 0.6 is 0 Å². The summed E-state index contributed by atoms with van der Waals surface area (Å²) in [7, 11) is -0.240. The molecule has 7 heteroatoms. The van der Waals surface area contributed by atoms with Crippen molar-refractivity contribution in [2.75, 3.05) is 46.9 Å². The van der Waals surface area contributed by atoms with Crippen LogP contribution in [-0.2, 0) is 14.9 Å². The van der Waals surface area contributed by atoms with Gasteiger partial charge in [0.15, 0.2) is 0 Å². The normalized spacial score (nSPS) is 12.6. The molecule has 6 nitrogen and oxygen atoms in total. The number of nitrogens with zero attached hydrogens (tertiary/aromatic N) is 2. The summed E-state index contributed by atoms with van der Waals surface area (Å²) in [5.41, 5.74) is 5.35. The van der Waals surface area contributed by atoms with E-state index in [0.717, 1.165) is 0 Å². The monoisotopic (exact) mass is 253 g/mol. The minimum absolute atomic E-state index is 0.377. The molecule has 0 saturated carbocycles. The van der Waals surface area contributed by atoms with Crippen LogP contribution in [0.2, 0.25) is 0 Å². The van der Waals surface area contributed by atoms with Gasteiger partial charge in [0.25, 0.3) is 10.2 Å². The predicted molar refractivity (Wildman–Crippen MR) is 64.3 cm³/mol. The highest BCUT2D eigenvalue weighted by molar-refractivity contribution is 7.86. The van der Waals surface area contributed by atoms with E-state index in [1.165, 1.54) is 8.61 Å². The van der Waals surface area contributed by atoms with Crippen LogP contribution in [-0.4, -0.2) is 64.0 Å². The second kappa shape index (κ2) is 7.97. The van der Waals surface area contributed by atoms with E-state index < -0.39 is 10.2 Å². The third-order valence-corrected chi connectivity index (χ3v) is 4.36. The molecule has 0 aromatic carbocycles. The highest BCUT2D eigenvalue weighted by Gasteiger charge is 2.24. The molecule has 0 aliphatic carbocycles. The number of rotatable bonds is 9. The molecule has 0 aromatic heterocycles. The summed E-state index contributed by atoms with van der Waals surface area (Å²) in [6, 6.07) is 0. The van der Waals surface area contributed by atoms with E-state index in [9.17, 15) is 8.42 Å². The fourth-order valence-corrected chi connectivity index (χ4v) is 2.64. The third kappa shape index (κ3) is 4.75. The zero-order valence-electron chi connectivity index (χ0n) is 10.3. The van der Waals surface area contributed by atoms with Crippen LogP contribution in [0, 0.1) is 0 Å². The minimum atomic E-state index is -3.36. The molecule has 0 aromatic rings. The summed E-state index contributed by atoms with van der Waals surface area (Å²) in [5.74, 6) is 0. The second-order valence-electron chi connectivity index (χ2n) is 3.46. The summed E-state index contributed by atoms with van der Waals surface area (Å²) in [6.45, 7) is 3.97. The molecule has 0 saturated heterocycles. The van der Waals surface area contributed by atoms with Gasteiger partial charge < -0.3 is 10.5 Å². The molecule has 0 amide bonds. The molecule has 0 atom stereocenters. The van der Waals surface area contributed by atoms with E-state index in [1.54, 1.807) is 14.2 Å². The smallest absolute Gasteiger partial charge is 0.281 e. The number of hydrogen-bond donors (Lipinski definition) is 1. The van der Waals surface area contributed by atoms with Crippen molar-refractivity contribution in [2.24, 2.45) is 5.73 Å². The number of methoxy groups -OCH3 is 1. The number of ether oxygens (including phenoxy) is 1. The Hall–Kier alpha value is -0.210. The van der Waals surface area contributed by atoms with Gasteiger partial charge in [0.05, 0.1) is 6.61 Å². The summed E-state index contributed by atoms with van der Waals surface area (Å²) < 4.78 is 31.7. The quantitative estimate of drug-likeness (QED) is 0.600. The van der Waals surface area contributed by atoms with Gasteiger partial charge in [0.2, 0.25) is 0 Å². The molecule has 0 unspecified atom stereocenters. The first-order valence-corrected chi connectivity index (χ1v) is 6.80. The van der Waals surface area contributed by atoms with E-state index in [2.05, 4.69) is 0 Å². The lowest BCUT2D eigenvalue weighted by molar-refractivity contribution is 0.178. The maximum Gasteiger partial charge on any atom is 0.281 e. The predicted octanol–water partition coefficient (Wildman–Crippen LogP) is -0.520. The Morgan fingerprint density at radius 3 is 2.38 bits per heavy atom. The Kier molecular flexibility index (Phi) is 7.86. The van der Waals surface area contributed by atoms with Crippen LogP contribution in [0.1, 0.15) is 13.3 Å². The molecule has 0 rings (SSSR count). The zero-order chi connectivity index (χ0) is 12.6. The summed E-state index contributed by atoms with van der Waals surface area (Å²) in [5, 5.41) is 0. The highest BCUT2D eigenvalue weighted by atomic mass is 32.2. The van der Waals surface area contributed by atoms with E-state index in [4.69, 9.17) is 10.5 Å². The lowest BCUT2D eigenvalue weighted by Gasteiger charge is -2.26. The van der Waals surface area contributed by atoms with Crippen LogP contribution in [0.5, 0.6) is 0 Å². The fraction of sp³-hybridized carbons (Fsp3) is 1.00. The minimum Gasteiger partial charge on any atom is -0.383 e. The number of nitrogens with two attached hydrogens (primary N) is 1. The molecule has 0 heterocycles. The molecular weight excluding hydrogens is 230 g/mol. The maximum absolute atomic E-state index is 12.0. The van der Waals surface area contributed by atoms with Gasteiger partial charge in [-0.25, -0.2) is 0 Å². The van der Waals surface area contributed by atoms with Gasteiger partial charge >= 0.3 is 0 Å². The Morgan fingerprint density at radius 1 is 1.31 bits per heavy atom. The maximum atomic E-state index is 12.0. The van der Waals surface area contributed by atoms with Crippen LogP contribution in [0.3, 0.4) is 0 Å². The van der Waals surface area contributed by atoms with E-state index >= 15 is 0 Å². The lowest BCUT2D eigenvalue weighted by atomic mass is 10.4. The third-order valence-electron chi connectivity index (χ3n) is 2.29. The zero-order valence-corrected chi connectivity index (χ0v) is 11.2.